The molecule has 0 fully saturated rings. The van der Waals surface area contributed by atoms with Crippen LogP contribution < -0.4 is 4.57 Å². The Bertz CT molecular complexity index is 1680. The zero-order chi connectivity index (χ0) is 25.6. The van der Waals surface area contributed by atoms with Crippen LogP contribution in [-0.4, -0.2) is 0 Å². The molecular formula is C28H24NO+. The molecule has 146 valence electrons. The Labute approximate surface area is 184 Å². The SMILES string of the molecule is [2H]C([2H])([2H])C1(C([2H])([2H])[2H])c2ccccc2-c2ccc3oc4c(-c5cccc[n+]5C)c(C)ccc4c3c21. The Balaban J connectivity index is 1.84. The molecule has 0 N–H and O–H groups in total. The molecule has 0 atom stereocenters. The second-order valence-corrected chi connectivity index (χ2v) is 8.09. The summed E-state index contributed by atoms with van der Waals surface area (Å²) in [6, 6.07) is 20.4. The summed E-state index contributed by atoms with van der Waals surface area (Å²) in [6.45, 7) is -3.67. The molecule has 0 radical (unpaired) electrons. The average Bonchev–Trinajstić information content (AvgIpc) is 3.33. The van der Waals surface area contributed by atoms with E-state index in [0.29, 0.717) is 44.2 Å². The van der Waals surface area contributed by atoms with Crippen LogP contribution in [0.3, 0.4) is 0 Å². The van der Waals surface area contributed by atoms with Crippen LogP contribution >= 0.6 is 0 Å². The zero-order valence-corrected chi connectivity index (χ0v) is 16.8. The van der Waals surface area contributed by atoms with Crippen LogP contribution in [0, 0.1) is 6.92 Å². The molecule has 2 nitrogen and oxygen atoms in total. The minimum atomic E-state index is -2.84. The largest absolute Gasteiger partial charge is 0.455 e. The van der Waals surface area contributed by atoms with E-state index >= 15 is 0 Å². The predicted molar refractivity (Wildman–Crippen MR) is 123 cm³/mol. The minimum Gasteiger partial charge on any atom is -0.455 e. The van der Waals surface area contributed by atoms with Gasteiger partial charge in [0.25, 0.3) is 0 Å². The van der Waals surface area contributed by atoms with Crippen molar-refractivity contribution in [2.24, 2.45) is 7.05 Å². The molecule has 2 heterocycles. The fraction of sp³-hybridized carbons (Fsp3) is 0.179. The van der Waals surface area contributed by atoms with Crippen LogP contribution in [0.25, 0.3) is 44.3 Å². The molecule has 6 rings (SSSR count). The minimum absolute atomic E-state index is 0.298. The molecule has 0 aliphatic heterocycles. The molecule has 0 saturated heterocycles. The van der Waals surface area contributed by atoms with Gasteiger partial charge in [-0.15, -0.1) is 0 Å². The molecule has 2 heteroatoms. The van der Waals surface area contributed by atoms with Crippen molar-refractivity contribution >= 4 is 21.9 Å². The highest BCUT2D eigenvalue weighted by Crippen LogP contribution is 2.53. The maximum Gasteiger partial charge on any atom is 0.216 e. The fourth-order valence-electron chi connectivity index (χ4n) is 4.92. The van der Waals surface area contributed by atoms with Crippen molar-refractivity contribution in [1.82, 2.24) is 0 Å². The van der Waals surface area contributed by atoms with E-state index in [0.717, 1.165) is 16.8 Å². The third-order valence-corrected chi connectivity index (χ3v) is 6.32. The van der Waals surface area contributed by atoms with Gasteiger partial charge in [0.05, 0.1) is 5.56 Å². The first-order chi connectivity index (χ1) is 17.0. The Morgan fingerprint density at radius 2 is 1.73 bits per heavy atom. The molecule has 0 bridgehead atoms. The summed E-state index contributed by atoms with van der Waals surface area (Å²) in [5, 5.41) is 1.25. The second kappa shape index (κ2) is 5.82. The van der Waals surface area contributed by atoms with Crippen LogP contribution in [-0.2, 0) is 12.5 Å². The summed E-state index contributed by atoms with van der Waals surface area (Å²) in [6.07, 6.45) is 1.96. The quantitative estimate of drug-likeness (QED) is 0.288. The lowest BCUT2D eigenvalue weighted by atomic mass is 9.80. The maximum absolute atomic E-state index is 8.61. The van der Waals surface area contributed by atoms with E-state index in [4.69, 9.17) is 12.6 Å². The number of furan rings is 1. The molecule has 3 aromatic carbocycles. The number of hydrogen-bond donors (Lipinski definition) is 0. The number of rotatable bonds is 1. The van der Waals surface area contributed by atoms with E-state index < -0.39 is 19.1 Å². The van der Waals surface area contributed by atoms with Gasteiger partial charge in [-0.1, -0.05) is 56.2 Å². The Hall–Kier alpha value is -3.39. The lowest BCUT2D eigenvalue weighted by Crippen LogP contribution is -2.30. The first-order valence-corrected chi connectivity index (χ1v) is 10.0. The van der Waals surface area contributed by atoms with Crippen LogP contribution in [0.5, 0.6) is 0 Å². The predicted octanol–water partition coefficient (Wildman–Crippen LogP) is 6.69. The number of hydrogen-bond acceptors (Lipinski definition) is 1. The number of nitrogens with zero attached hydrogens (tertiary/aromatic N) is 1. The molecule has 1 aliphatic rings. The van der Waals surface area contributed by atoms with Crippen molar-refractivity contribution in [2.75, 3.05) is 0 Å². The van der Waals surface area contributed by atoms with Gasteiger partial charge < -0.3 is 4.42 Å². The molecule has 0 spiro atoms. The summed E-state index contributed by atoms with van der Waals surface area (Å²) < 4.78 is 60.1. The number of fused-ring (bicyclic) bond motifs is 7. The molecule has 0 amide bonds. The van der Waals surface area contributed by atoms with Gasteiger partial charge in [0.15, 0.2) is 6.20 Å². The summed E-state index contributed by atoms with van der Waals surface area (Å²) in [5.41, 5.74) is 3.60. The van der Waals surface area contributed by atoms with Gasteiger partial charge in [-0.3, -0.25) is 0 Å². The molecule has 2 aromatic heterocycles. The standard InChI is InChI=1S/C28H24NO/c1-17-12-13-20-25-23(30-27(20)24(17)22-11-7-8-16-29(22)4)15-14-19-18-9-5-6-10-21(18)28(2,3)26(19)25/h5-16H,1-4H3/q+1/i2D3,3D3. The maximum atomic E-state index is 8.61. The van der Waals surface area contributed by atoms with Gasteiger partial charge in [-0.05, 0) is 46.9 Å². The van der Waals surface area contributed by atoms with Gasteiger partial charge in [-0.25, -0.2) is 4.57 Å². The molecular weight excluding hydrogens is 366 g/mol. The van der Waals surface area contributed by atoms with Crippen molar-refractivity contribution in [3.05, 3.63) is 89.6 Å². The number of pyridine rings is 1. The number of benzene rings is 3. The van der Waals surface area contributed by atoms with Gasteiger partial charge in [0, 0.05) is 36.5 Å². The lowest BCUT2D eigenvalue weighted by molar-refractivity contribution is -0.660. The molecule has 1 aliphatic carbocycles. The smallest absolute Gasteiger partial charge is 0.216 e. The van der Waals surface area contributed by atoms with Crippen LogP contribution in [0.4, 0.5) is 0 Å². The second-order valence-electron chi connectivity index (χ2n) is 8.09. The average molecular weight is 397 g/mol. The highest BCUT2D eigenvalue weighted by atomic mass is 16.3. The Morgan fingerprint density at radius 3 is 2.57 bits per heavy atom. The van der Waals surface area contributed by atoms with Gasteiger partial charge >= 0.3 is 0 Å². The summed E-state index contributed by atoms with van der Waals surface area (Å²) in [4.78, 5) is 0. The van der Waals surface area contributed by atoms with E-state index in [1.54, 1.807) is 24.3 Å². The first kappa shape index (κ1) is 12.3. The van der Waals surface area contributed by atoms with E-state index in [1.165, 1.54) is 0 Å². The number of aryl methyl sites for hydroxylation is 2. The topological polar surface area (TPSA) is 17.0 Å². The Kier molecular flexibility index (Phi) is 2.39. The van der Waals surface area contributed by atoms with Crippen molar-refractivity contribution in [3.63, 3.8) is 0 Å². The molecule has 5 aromatic rings. The normalized spacial score (nSPS) is 18.1. The van der Waals surface area contributed by atoms with E-state index in [2.05, 4.69) is 0 Å². The van der Waals surface area contributed by atoms with Crippen molar-refractivity contribution in [1.29, 1.82) is 0 Å². The number of aromatic nitrogens is 1. The fourth-order valence-corrected chi connectivity index (χ4v) is 4.92. The molecule has 0 saturated carbocycles. The zero-order valence-electron chi connectivity index (χ0n) is 22.8. The Morgan fingerprint density at radius 1 is 0.900 bits per heavy atom. The molecule has 0 unspecified atom stereocenters. The van der Waals surface area contributed by atoms with Crippen molar-refractivity contribution in [2.45, 2.75) is 26.0 Å². The summed E-state index contributed by atoms with van der Waals surface area (Å²) in [7, 11) is 1.96. The highest BCUT2D eigenvalue weighted by Gasteiger charge is 2.38. The van der Waals surface area contributed by atoms with E-state index in [-0.39, 0.29) is 0 Å². The van der Waals surface area contributed by atoms with Gasteiger partial charge in [0.1, 0.15) is 18.2 Å². The van der Waals surface area contributed by atoms with Crippen LogP contribution in [0.2, 0.25) is 0 Å². The van der Waals surface area contributed by atoms with E-state index in [1.807, 2.05) is 67.2 Å². The van der Waals surface area contributed by atoms with Gasteiger partial charge in [0.2, 0.25) is 5.69 Å². The van der Waals surface area contributed by atoms with Crippen molar-refractivity contribution in [3.8, 4) is 22.4 Å². The van der Waals surface area contributed by atoms with Crippen LogP contribution in [0.15, 0.2) is 77.3 Å². The first-order valence-electron chi connectivity index (χ1n) is 13.0. The summed E-state index contributed by atoms with van der Waals surface area (Å²) in [5.74, 6) is 0. The van der Waals surface area contributed by atoms with Crippen LogP contribution in [0.1, 0.15) is 38.6 Å². The third kappa shape index (κ3) is 2.11. The summed E-state index contributed by atoms with van der Waals surface area (Å²) >= 11 is 0. The van der Waals surface area contributed by atoms with E-state index in [9.17, 15) is 0 Å². The lowest BCUT2D eigenvalue weighted by Gasteiger charge is -2.22. The molecule has 30 heavy (non-hydrogen) atoms. The monoisotopic (exact) mass is 396 g/mol. The van der Waals surface area contributed by atoms with Gasteiger partial charge in [-0.2, -0.15) is 0 Å². The third-order valence-electron chi connectivity index (χ3n) is 6.32. The van der Waals surface area contributed by atoms with Crippen molar-refractivity contribution < 1.29 is 17.2 Å². The highest BCUT2D eigenvalue weighted by molar-refractivity contribution is 6.14.